The van der Waals surface area contributed by atoms with Crippen LogP contribution < -0.4 is 5.56 Å². The van der Waals surface area contributed by atoms with Gasteiger partial charge in [0.25, 0.3) is 5.56 Å². The predicted octanol–water partition coefficient (Wildman–Crippen LogP) is 3.06. The first kappa shape index (κ1) is 11.9. The molecule has 0 fully saturated rings. The van der Waals surface area contributed by atoms with E-state index in [1.54, 1.807) is 0 Å². The third-order valence-corrected chi connectivity index (χ3v) is 3.58. The van der Waals surface area contributed by atoms with Crippen LogP contribution in [0.3, 0.4) is 0 Å². The highest BCUT2D eigenvalue weighted by molar-refractivity contribution is 9.10. The molecule has 0 aliphatic heterocycles. The Morgan fingerprint density at radius 1 is 1.11 bits per heavy atom. The van der Waals surface area contributed by atoms with Gasteiger partial charge in [-0.2, -0.15) is 4.98 Å². The molecule has 1 heterocycles. The molecule has 0 spiro atoms. The fourth-order valence-corrected chi connectivity index (χ4v) is 2.11. The lowest BCUT2D eigenvalue weighted by atomic mass is 10.1. The SMILES string of the molecule is O=c1[nH]c(-c2ccc3ccccc3c2)nc(O)c1Br. The lowest BCUT2D eigenvalue weighted by molar-refractivity contribution is 0.448. The maximum absolute atomic E-state index is 11.6. The Hall–Kier alpha value is -2.14. The van der Waals surface area contributed by atoms with Crippen molar-refractivity contribution < 1.29 is 5.11 Å². The zero-order valence-corrected chi connectivity index (χ0v) is 11.3. The Labute approximate surface area is 116 Å². The molecule has 3 rings (SSSR count). The molecule has 0 aliphatic rings. The molecule has 0 bridgehead atoms. The van der Waals surface area contributed by atoms with E-state index in [0.29, 0.717) is 5.82 Å². The van der Waals surface area contributed by atoms with E-state index in [4.69, 9.17) is 0 Å². The fourth-order valence-electron chi connectivity index (χ4n) is 1.92. The zero-order valence-electron chi connectivity index (χ0n) is 9.72. The van der Waals surface area contributed by atoms with Crippen LogP contribution in [0, 0.1) is 0 Å². The van der Waals surface area contributed by atoms with Crippen LogP contribution >= 0.6 is 15.9 Å². The van der Waals surface area contributed by atoms with E-state index >= 15 is 0 Å². The van der Waals surface area contributed by atoms with Crippen LogP contribution in [-0.2, 0) is 0 Å². The maximum Gasteiger partial charge on any atom is 0.269 e. The van der Waals surface area contributed by atoms with Crippen molar-refractivity contribution in [1.82, 2.24) is 9.97 Å². The number of aromatic nitrogens is 2. The van der Waals surface area contributed by atoms with E-state index in [9.17, 15) is 9.90 Å². The average molecular weight is 317 g/mol. The summed E-state index contributed by atoms with van der Waals surface area (Å²) in [5.41, 5.74) is 0.342. The highest BCUT2D eigenvalue weighted by Crippen LogP contribution is 2.24. The lowest BCUT2D eigenvalue weighted by Gasteiger charge is -2.04. The summed E-state index contributed by atoms with van der Waals surface area (Å²) in [5.74, 6) is 0.0309. The summed E-state index contributed by atoms with van der Waals surface area (Å²) >= 11 is 2.97. The summed E-state index contributed by atoms with van der Waals surface area (Å²) in [5, 5.41) is 11.7. The third-order valence-electron chi connectivity index (χ3n) is 2.87. The van der Waals surface area contributed by atoms with Gasteiger partial charge in [-0.3, -0.25) is 4.79 Å². The van der Waals surface area contributed by atoms with Gasteiger partial charge in [-0.05, 0) is 32.8 Å². The lowest BCUT2D eigenvalue weighted by Crippen LogP contribution is -2.09. The largest absolute Gasteiger partial charge is 0.492 e. The minimum absolute atomic E-state index is 0.0389. The number of hydrogen-bond acceptors (Lipinski definition) is 3. The number of nitrogens with one attached hydrogen (secondary N) is 1. The summed E-state index contributed by atoms with van der Waals surface area (Å²) in [4.78, 5) is 18.2. The van der Waals surface area contributed by atoms with Crippen molar-refractivity contribution in [1.29, 1.82) is 0 Å². The van der Waals surface area contributed by atoms with Gasteiger partial charge in [0.1, 0.15) is 10.3 Å². The molecule has 0 saturated carbocycles. The number of aromatic amines is 1. The van der Waals surface area contributed by atoms with Crippen molar-refractivity contribution >= 4 is 26.7 Å². The van der Waals surface area contributed by atoms with Gasteiger partial charge in [0, 0.05) is 5.56 Å². The van der Waals surface area contributed by atoms with E-state index in [1.807, 2.05) is 42.5 Å². The molecule has 0 atom stereocenters. The normalized spacial score (nSPS) is 10.8. The maximum atomic E-state index is 11.6. The van der Waals surface area contributed by atoms with Gasteiger partial charge in [-0.1, -0.05) is 36.4 Å². The first-order valence-corrected chi connectivity index (χ1v) is 6.42. The van der Waals surface area contributed by atoms with Crippen LogP contribution in [0.1, 0.15) is 0 Å². The molecule has 4 nitrogen and oxygen atoms in total. The number of H-pyrrole nitrogens is 1. The second-order valence-corrected chi connectivity index (χ2v) is 4.91. The Bertz CT molecular complexity index is 827. The van der Waals surface area contributed by atoms with Crippen molar-refractivity contribution in [2.75, 3.05) is 0 Å². The average Bonchev–Trinajstić information content (AvgIpc) is 2.43. The van der Waals surface area contributed by atoms with Crippen molar-refractivity contribution in [3.63, 3.8) is 0 Å². The molecule has 2 aromatic carbocycles. The van der Waals surface area contributed by atoms with E-state index in [1.165, 1.54) is 0 Å². The van der Waals surface area contributed by atoms with E-state index in [0.717, 1.165) is 16.3 Å². The van der Waals surface area contributed by atoms with Gasteiger partial charge in [0.2, 0.25) is 5.88 Å². The first-order chi connectivity index (χ1) is 9.15. The van der Waals surface area contributed by atoms with Gasteiger partial charge in [0.05, 0.1) is 0 Å². The van der Waals surface area contributed by atoms with E-state index in [2.05, 4.69) is 25.9 Å². The molecule has 1 aromatic heterocycles. The van der Waals surface area contributed by atoms with Crippen molar-refractivity contribution in [3.8, 4) is 17.3 Å². The minimum Gasteiger partial charge on any atom is -0.492 e. The Morgan fingerprint density at radius 2 is 1.84 bits per heavy atom. The number of benzene rings is 2. The smallest absolute Gasteiger partial charge is 0.269 e. The number of fused-ring (bicyclic) bond motifs is 1. The Balaban J connectivity index is 2.22. The molecule has 0 radical (unpaired) electrons. The minimum atomic E-state index is -0.407. The van der Waals surface area contributed by atoms with Crippen LogP contribution in [0.2, 0.25) is 0 Å². The Morgan fingerprint density at radius 3 is 2.58 bits per heavy atom. The number of hydrogen-bond donors (Lipinski definition) is 2. The molecular weight excluding hydrogens is 308 g/mol. The van der Waals surface area contributed by atoms with Gasteiger partial charge in [0.15, 0.2) is 0 Å². The molecular formula is C14H9BrN2O2. The molecule has 0 saturated heterocycles. The van der Waals surface area contributed by atoms with E-state index < -0.39 is 5.56 Å². The van der Waals surface area contributed by atoms with Crippen molar-refractivity contribution in [2.45, 2.75) is 0 Å². The van der Waals surface area contributed by atoms with Crippen LogP contribution in [0.5, 0.6) is 5.88 Å². The zero-order chi connectivity index (χ0) is 13.4. The van der Waals surface area contributed by atoms with Crippen molar-refractivity contribution in [2.24, 2.45) is 0 Å². The van der Waals surface area contributed by atoms with Gasteiger partial charge < -0.3 is 10.1 Å². The summed E-state index contributed by atoms with van der Waals surface area (Å²) < 4.78 is 0.0389. The quantitative estimate of drug-likeness (QED) is 0.725. The number of aromatic hydroxyl groups is 1. The van der Waals surface area contributed by atoms with Crippen LogP contribution in [0.15, 0.2) is 51.7 Å². The molecule has 0 amide bonds. The molecule has 0 unspecified atom stereocenters. The Kier molecular flexibility index (Phi) is 2.83. The highest BCUT2D eigenvalue weighted by Gasteiger charge is 2.09. The molecule has 3 aromatic rings. The number of rotatable bonds is 1. The molecule has 94 valence electrons. The third kappa shape index (κ3) is 2.13. The predicted molar refractivity (Wildman–Crippen MR) is 77.2 cm³/mol. The molecule has 5 heteroatoms. The second kappa shape index (κ2) is 4.51. The van der Waals surface area contributed by atoms with Crippen LogP contribution in [0.4, 0.5) is 0 Å². The van der Waals surface area contributed by atoms with Crippen molar-refractivity contribution in [3.05, 3.63) is 57.3 Å². The summed E-state index contributed by atoms with van der Waals surface area (Å²) in [6.45, 7) is 0. The molecule has 19 heavy (non-hydrogen) atoms. The molecule has 2 N–H and O–H groups in total. The number of nitrogens with zero attached hydrogens (tertiary/aromatic N) is 1. The van der Waals surface area contributed by atoms with Gasteiger partial charge in [-0.15, -0.1) is 0 Å². The van der Waals surface area contributed by atoms with Gasteiger partial charge in [-0.25, -0.2) is 0 Å². The second-order valence-electron chi connectivity index (χ2n) is 4.11. The van der Waals surface area contributed by atoms with Gasteiger partial charge >= 0.3 is 0 Å². The topological polar surface area (TPSA) is 66.0 Å². The van der Waals surface area contributed by atoms with Crippen LogP contribution in [0.25, 0.3) is 22.2 Å². The number of halogens is 1. The molecule has 0 aliphatic carbocycles. The summed E-state index contributed by atoms with van der Waals surface area (Å²) in [6.07, 6.45) is 0. The highest BCUT2D eigenvalue weighted by atomic mass is 79.9. The summed E-state index contributed by atoms with van der Waals surface area (Å²) in [7, 11) is 0. The standard InChI is InChI=1S/C14H9BrN2O2/c15-11-13(18)16-12(17-14(11)19)10-6-5-8-3-1-2-4-9(8)7-10/h1-7H,(H2,16,17,18,19). The van der Waals surface area contributed by atoms with E-state index in [-0.39, 0.29) is 10.4 Å². The van der Waals surface area contributed by atoms with Crippen LogP contribution in [-0.4, -0.2) is 15.1 Å². The fraction of sp³-hybridized carbons (Fsp3) is 0. The first-order valence-electron chi connectivity index (χ1n) is 5.63. The summed E-state index contributed by atoms with van der Waals surface area (Å²) in [6, 6.07) is 13.6. The monoisotopic (exact) mass is 316 g/mol.